The third kappa shape index (κ3) is 8.23. The molecule has 3 aliphatic rings. The summed E-state index contributed by atoms with van der Waals surface area (Å²) in [6, 6.07) is -2.41. The van der Waals surface area contributed by atoms with Crippen LogP contribution >= 0.6 is 0 Å². The van der Waals surface area contributed by atoms with Crippen molar-refractivity contribution >= 4 is 40.6 Å². The summed E-state index contributed by atoms with van der Waals surface area (Å²) in [7, 11) is 0. The molecule has 0 aromatic carbocycles. The molecule has 1 unspecified atom stereocenters. The zero-order chi connectivity index (χ0) is 28.1. The molecule has 1 heterocycles. The van der Waals surface area contributed by atoms with Gasteiger partial charge < -0.3 is 30.7 Å². The fraction of sp³-hybridized carbons (Fsp3) is 0.800. The highest BCUT2D eigenvalue weighted by Crippen LogP contribution is 2.30. The van der Waals surface area contributed by atoms with Crippen LogP contribution in [0, 0.1) is 5.41 Å². The predicted octanol–water partition coefficient (Wildman–Crippen LogP) is 0.237. The van der Waals surface area contributed by atoms with Gasteiger partial charge in [0.1, 0.15) is 12.1 Å². The Balaban J connectivity index is 1.63. The Bertz CT molecular complexity index is 956. The van der Waals surface area contributed by atoms with Crippen LogP contribution in [0.4, 0.5) is 4.79 Å². The largest absolute Gasteiger partial charge is 0.772 e. The minimum absolute atomic E-state index is 0.0274. The average molecular weight is 555 g/mol. The zero-order valence-corrected chi connectivity index (χ0v) is 23.2. The Kier molecular flexibility index (Phi) is 9.91. The topological polar surface area (TPSA) is 177 Å². The van der Waals surface area contributed by atoms with Crippen LogP contribution in [-0.4, -0.2) is 85.7 Å². The Labute approximate surface area is 226 Å². The number of hydrogen-bond donors (Lipinski definition) is 4. The normalized spacial score (nSPS) is 22.6. The molecule has 1 saturated heterocycles. The van der Waals surface area contributed by atoms with Crippen LogP contribution in [0.2, 0.25) is 0 Å². The van der Waals surface area contributed by atoms with Crippen molar-refractivity contribution in [3.63, 3.8) is 0 Å². The SMILES string of the molecule is CC(C)(C)[C@H](NC(=O)NC1(CS(=O)[O-])CCCCC1)C(=O)N1CCC[C@H]1C(=O)NCC(=O)C(=O)NC1CC1. The summed E-state index contributed by atoms with van der Waals surface area (Å²) in [6.07, 6.45) is 6.28. The van der Waals surface area contributed by atoms with Crippen molar-refractivity contribution in [2.75, 3.05) is 18.8 Å². The van der Waals surface area contributed by atoms with Crippen LogP contribution in [0.25, 0.3) is 0 Å². The Morgan fingerprint density at radius 2 is 1.68 bits per heavy atom. The molecule has 1 aliphatic heterocycles. The van der Waals surface area contributed by atoms with Gasteiger partial charge in [0.25, 0.3) is 5.91 Å². The Morgan fingerprint density at radius 1 is 1.03 bits per heavy atom. The highest BCUT2D eigenvalue weighted by Gasteiger charge is 2.43. The molecule has 0 spiro atoms. The molecule has 3 rings (SSSR count). The van der Waals surface area contributed by atoms with Crippen LogP contribution in [0.15, 0.2) is 0 Å². The number of Topliss-reactive ketones (excluding diaryl/α,β-unsaturated/α-hetero) is 1. The lowest BCUT2D eigenvalue weighted by Gasteiger charge is -2.40. The number of hydrogen-bond acceptors (Lipinski definition) is 7. The number of likely N-dealkylation sites (tertiary alicyclic amines) is 1. The third-order valence-electron chi connectivity index (χ3n) is 7.40. The lowest BCUT2D eigenvalue weighted by atomic mass is 9.83. The van der Waals surface area contributed by atoms with Gasteiger partial charge in [0, 0.05) is 18.3 Å². The van der Waals surface area contributed by atoms with E-state index in [2.05, 4.69) is 21.3 Å². The van der Waals surface area contributed by atoms with E-state index in [9.17, 15) is 32.7 Å². The molecule has 214 valence electrons. The fourth-order valence-electron chi connectivity index (χ4n) is 5.14. The Morgan fingerprint density at radius 3 is 2.26 bits per heavy atom. The van der Waals surface area contributed by atoms with E-state index in [4.69, 9.17) is 0 Å². The summed E-state index contributed by atoms with van der Waals surface area (Å²) in [6.45, 7) is 5.23. The molecule has 5 amide bonds. The Hall–Kier alpha value is -2.54. The van der Waals surface area contributed by atoms with Crippen molar-refractivity contribution in [3.05, 3.63) is 0 Å². The first kappa shape index (κ1) is 30.0. The van der Waals surface area contributed by atoms with Gasteiger partial charge in [-0.15, -0.1) is 0 Å². The number of carbonyl (C=O) groups is 5. The first-order chi connectivity index (χ1) is 17.8. The van der Waals surface area contributed by atoms with Gasteiger partial charge in [0.2, 0.25) is 17.6 Å². The molecule has 13 heteroatoms. The fourth-order valence-corrected chi connectivity index (χ4v) is 5.96. The molecule has 0 aromatic rings. The number of amides is 5. The van der Waals surface area contributed by atoms with Crippen LogP contribution in [0.5, 0.6) is 0 Å². The maximum absolute atomic E-state index is 13.6. The van der Waals surface area contributed by atoms with E-state index in [0.717, 1.165) is 32.1 Å². The van der Waals surface area contributed by atoms with Gasteiger partial charge in [-0.2, -0.15) is 0 Å². The minimum Gasteiger partial charge on any atom is -0.772 e. The molecule has 0 radical (unpaired) electrons. The van der Waals surface area contributed by atoms with Gasteiger partial charge in [-0.1, -0.05) is 51.1 Å². The summed E-state index contributed by atoms with van der Waals surface area (Å²) in [4.78, 5) is 64.9. The zero-order valence-electron chi connectivity index (χ0n) is 22.4. The van der Waals surface area contributed by atoms with Gasteiger partial charge in [-0.3, -0.25) is 23.4 Å². The number of nitrogens with one attached hydrogen (secondary N) is 4. The number of carbonyl (C=O) groups excluding carboxylic acids is 5. The molecule has 12 nitrogen and oxygen atoms in total. The lowest BCUT2D eigenvalue weighted by Crippen LogP contribution is -2.62. The smallest absolute Gasteiger partial charge is 0.315 e. The van der Waals surface area contributed by atoms with E-state index in [0.29, 0.717) is 32.2 Å². The molecule has 2 saturated carbocycles. The van der Waals surface area contributed by atoms with E-state index < -0.39 is 70.2 Å². The highest BCUT2D eigenvalue weighted by molar-refractivity contribution is 7.79. The summed E-state index contributed by atoms with van der Waals surface area (Å²) in [5.74, 6) is -2.64. The van der Waals surface area contributed by atoms with Crippen molar-refractivity contribution in [3.8, 4) is 0 Å². The van der Waals surface area contributed by atoms with Gasteiger partial charge >= 0.3 is 6.03 Å². The van der Waals surface area contributed by atoms with Crippen molar-refractivity contribution < 1.29 is 32.7 Å². The number of rotatable bonds is 10. The second-order valence-electron chi connectivity index (χ2n) is 11.8. The number of ketones is 1. The van der Waals surface area contributed by atoms with Crippen molar-refractivity contribution in [1.82, 2.24) is 26.2 Å². The summed E-state index contributed by atoms with van der Waals surface area (Å²) in [5.41, 5.74) is -1.59. The second-order valence-corrected chi connectivity index (χ2v) is 12.7. The quantitative estimate of drug-likeness (QED) is 0.221. The van der Waals surface area contributed by atoms with Crippen molar-refractivity contribution in [1.29, 1.82) is 0 Å². The second kappa shape index (κ2) is 12.5. The van der Waals surface area contributed by atoms with Crippen LogP contribution < -0.4 is 21.3 Å². The summed E-state index contributed by atoms with van der Waals surface area (Å²) < 4.78 is 23.0. The van der Waals surface area contributed by atoms with Gasteiger partial charge in [0.05, 0.1) is 12.1 Å². The van der Waals surface area contributed by atoms with E-state index in [1.807, 2.05) is 0 Å². The van der Waals surface area contributed by atoms with Crippen molar-refractivity contribution in [2.24, 2.45) is 5.41 Å². The summed E-state index contributed by atoms with van der Waals surface area (Å²) in [5, 5.41) is 10.6. The molecule has 3 atom stereocenters. The van der Waals surface area contributed by atoms with E-state index >= 15 is 0 Å². The molecule has 3 fully saturated rings. The lowest BCUT2D eigenvalue weighted by molar-refractivity contribution is -0.142. The predicted molar refractivity (Wildman–Crippen MR) is 138 cm³/mol. The van der Waals surface area contributed by atoms with E-state index in [1.54, 1.807) is 20.8 Å². The summed E-state index contributed by atoms with van der Waals surface area (Å²) >= 11 is -2.34. The van der Waals surface area contributed by atoms with Gasteiger partial charge in [0.15, 0.2) is 0 Å². The van der Waals surface area contributed by atoms with Crippen molar-refractivity contribution in [2.45, 2.75) is 102 Å². The minimum atomic E-state index is -2.34. The van der Waals surface area contributed by atoms with Gasteiger partial charge in [-0.05, 0) is 43.9 Å². The van der Waals surface area contributed by atoms with Crippen LogP contribution in [0.1, 0.15) is 78.6 Å². The van der Waals surface area contributed by atoms with E-state index in [-0.39, 0.29) is 11.8 Å². The average Bonchev–Trinajstić information content (AvgIpc) is 3.50. The first-order valence-electron chi connectivity index (χ1n) is 13.4. The third-order valence-corrected chi connectivity index (χ3v) is 8.19. The van der Waals surface area contributed by atoms with Crippen LogP contribution in [-0.2, 0) is 30.3 Å². The number of urea groups is 1. The molecular weight excluding hydrogens is 514 g/mol. The first-order valence-corrected chi connectivity index (χ1v) is 14.6. The van der Waals surface area contributed by atoms with E-state index in [1.165, 1.54) is 4.90 Å². The monoisotopic (exact) mass is 554 g/mol. The highest BCUT2D eigenvalue weighted by atomic mass is 32.2. The molecule has 2 aliphatic carbocycles. The maximum atomic E-state index is 13.6. The maximum Gasteiger partial charge on any atom is 0.315 e. The standard InChI is InChI=1S/C25H41N5O7S/c1-24(2,3)19(28-23(35)29-25(15-38(36)37)11-5-4-6-12-25)22(34)30-13-7-8-17(30)20(32)26-14-18(31)21(33)27-16-9-10-16/h16-17,19H,4-15H2,1-3H3,(H,26,32)(H,27,33)(H,36,37)(H2,28,29,35)/p-1/t17-,19+/m0/s1. The molecule has 0 bridgehead atoms. The molecular formula is C25H40N5O7S-. The van der Waals surface area contributed by atoms with Gasteiger partial charge in [-0.25, -0.2) is 4.79 Å². The molecule has 0 aromatic heterocycles. The number of nitrogens with zero attached hydrogens (tertiary/aromatic N) is 1. The molecule has 4 N–H and O–H groups in total. The molecule has 38 heavy (non-hydrogen) atoms. The van der Waals surface area contributed by atoms with Crippen LogP contribution in [0.3, 0.4) is 0 Å².